The molecule has 0 N–H and O–H groups in total. The zero-order chi connectivity index (χ0) is 13.4. The standard InChI is InChI=1S/C14H9BrN2O2/c15-7-9-8-16-6-5-12(9)17-13(18)10-3-1-2-4-11(10)14(17)19/h1-6,8H,7H2. The summed E-state index contributed by atoms with van der Waals surface area (Å²) < 4.78 is 0. The van der Waals surface area contributed by atoms with Crippen molar-refractivity contribution in [3.8, 4) is 0 Å². The number of nitrogens with zero attached hydrogens (tertiary/aromatic N) is 2. The molecule has 1 aliphatic heterocycles. The molecule has 0 bridgehead atoms. The molecule has 1 aliphatic rings. The predicted octanol–water partition coefficient (Wildman–Crippen LogP) is 2.78. The van der Waals surface area contributed by atoms with E-state index >= 15 is 0 Å². The van der Waals surface area contributed by atoms with Crippen molar-refractivity contribution in [1.29, 1.82) is 0 Å². The molecule has 0 unspecified atom stereocenters. The van der Waals surface area contributed by atoms with Crippen LogP contribution >= 0.6 is 15.9 Å². The van der Waals surface area contributed by atoms with Crippen LogP contribution < -0.4 is 4.90 Å². The van der Waals surface area contributed by atoms with Crippen LogP contribution in [0.3, 0.4) is 0 Å². The first-order valence-electron chi connectivity index (χ1n) is 5.70. The van der Waals surface area contributed by atoms with Crippen molar-refractivity contribution in [2.75, 3.05) is 4.90 Å². The van der Waals surface area contributed by atoms with Crippen LogP contribution in [0.2, 0.25) is 0 Å². The van der Waals surface area contributed by atoms with E-state index < -0.39 is 0 Å². The molecule has 4 nitrogen and oxygen atoms in total. The monoisotopic (exact) mass is 316 g/mol. The van der Waals surface area contributed by atoms with Crippen molar-refractivity contribution < 1.29 is 9.59 Å². The summed E-state index contributed by atoms with van der Waals surface area (Å²) >= 11 is 3.34. The van der Waals surface area contributed by atoms with E-state index in [9.17, 15) is 9.59 Å². The first-order valence-corrected chi connectivity index (χ1v) is 6.83. The van der Waals surface area contributed by atoms with Gasteiger partial charge in [-0.15, -0.1) is 0 Å². The van der Waals surface area contributed by atoms with Gasteiger partial charge in [0.1, 0.15) is 0 Å². The topological polar surface area (TPSA) is 50.3 Å². The van der Waals surface area contributed by atoms with Gasteiger partial charge in [0, 0.05) is 23.3 Å². The molecule has 0 aliphatic carbocycles. The molecule has 2 amide bonds. The Morgan fingerprint density at radius 1 is 1.05 bits per heavy atom. The van der Waals surface area contributed by atoms with Crippen molar-refractivity contribution in [1.82, 2.24) is 4.98 Å². The Bertz CT molecular complexity index is 650. The van der Waals surface area contributed by atoms with E-state index in [1.54, 1.807) is 42.7 Å². The van der Waals surface area contributed by atoms with Crippen molar-refractivity contribution in [3.05, 3.63) is 59.4 Å². The van der Waals surface area contributed by atoms with E-state index in [0.717, 1.165) is 5.56 Å². The molecule has 0 atom stereocenters. The third-order valence-electron chi connectivity index (χ3n) is 3.06. The van der Waals surface area contributed by atoms with Crippen LogP contribution in [0.4, 0.5) is 5.69 Å². The van der Waals surface area contributed by atoms with Gasteiger partial charge in [-0.1, -0.05) is 28.1 Å². The van der Waals surface area contributed by atoms with Crippen LogP contribution in [0.25, 0.3) is 0 Å². The number of benzene rings is 1. The van der Waals surface area contributed by atoms with Crippen molar-refractivity contribution in [2.24, 2.45) is 0 Å². The SMILES string of the molecule is O=C1c2ccccc2C(=O)N1c1ccncc1CBr. The van der Waals surface area contributed by atoms with Crippen LogP contribution in [0.15, 0.2) is 42.7 Å². The smallest absolute Gasteiger partial charge is 0.266 e. The molecule has 0 saturated heterocycles. The van der Waals surface area contributed by atoms with Crippen LogP contribution in [0.5, 0.6) is 0 Å². The zero-order valence-electron chi connectivity index (χ0n) is 9.84. The van der Waals surface area contributed by atoms with Gasteiger partial charge in [-0.05, 0) is 18.2 Å². The highest BCUT2D eigenvalue weighted by Crippen LogP contribution is 2.30. The number of carbonyl (C=O) groups is 2. The lowest BCUT2D eigenvalue weighted by atomic mass is 10.1. The van der Waals surface area contributed by atoms with Gasteiger partial charge in [-0.25, -0.2) is 4.90 Å². The number of rotatable bonds is 2. The van der Waals surface area contributed by atoms with Gasteiger partial charge in [0.25, 0.3) is 11.8 Å². The van der Waals surface area contributed by atoms with Gasteiger partial charge in [0.15, 0.2) is 0 Å². The second-order valence-electron chi connectivity index (χ2n) is 4.13. The van der Waals surface area contributed by atoms with E-state index in [1.165, 1.54) is 4.90 Å². The number of alkyl halides is 1. The average molecular weight is 317 g/mol. The predicted molar refractivity (Wildman–Crippen MR) is 74.5 cm³/mol. The molecule has 0 fully saturated rings. The Morgan fingerprint density at radius 2 is 1.68 bits per heavy atom. The molecule has 1 aromatic heterocycles. The minimum absolute atomic E-state index is 0.283. The summed E-state index contributed by atoms with van der Waals surface area (Å²) in [5, 5.41) is 0.531. The minimum Gasteiger partial charge on any atom is -0.268 e. The largest absolute Gasteiger partial charge is 0.268 e. The van der Waals surface area contributed by atoms with Crippen molar-refractivity contribution in [3.63, 3.8) is 0 Å². The Morgan fingerprint density at radius 3 is 2.26 bits per heavy atom. The van der Waals surface area contributed by atoms with E-state index in [-0.39, 0.29) is 11.8 Å². The Labute approximate surface area is 118 Å². The number of aromatic nitrogens is 1. The van der Waals surface area contributed by atoms with Gasteiger partial charge in [-0.2, -0.15) is 0 Å². The number of amides is 2. The highest BCUT2D eigenvalue weighted by Gasteiger charge is 2.37. The zero-order valence-corrected chi connectivity index (χ0v) is 11.4. The summed E-state index contributed by atoms with van der Waals surface area (Å²) in [6, 6.07) is 8.53. The minimum atomic E-state index is -0.283. The van der Waals surface area contributed by atoms with Crippen LogP contribution in [0, 0.1) is 0 Å². The second kappa shape index (κ2) is 4.59. The number of carbonyl (C=O) groups excluding carboxylic acids is 2. The molecular weight excluding hydrogens is 308 g/mol. The van der Waals surface area contributed by atoms with E-state index in [2.05, 4.69) is 20.9 Å². The quantitative estimate of drug-likeness (QED) is 0.632. The lowest BCUT2D eigenvalue weighted by Gasteiger charge is -2.16. The summed E-state index contributed by atoms with van der Waals surface area (Å²) in [5.74, 6) is -0.567. The second-order valence-corrected chi connectivity index (χ2v) is 4.69. The third-order valence-corrected chi connectivity index (χ3v) is 3.66. The first-order chi connectivity index (χ1) is 9.24. The van der Waals surface area contributed by atoms with Gasteiger partial charge < -0.3 is 0 Å². The fourth-order valence-electron chi connectivity index (χ4n) is 2.15. The highest BCUT2D eigenvalue weighted by atomic mass is 79.9. The first kappa shape index (κ1) is 12.0. The highest BCUT2D eigenvalue weighted by molar-refractivity contribution is 9.08. The van der Waals surface area contributed by atoms with Crippen LogP contribution in [-0.2, 0) is 5.33 Å². The lowest BCUT2D eigenvalue weighted by molar-refractivity contribution is 0.0926. The summed E-state index contributed by atoms with van der Waals surface area (Å²) in [6.45, 7) is 0. The van der Waals surface area contributed by atoms with Gasteiger partial charge in [-0.3, -0.25) is 14.6 Å². The molecule has 19 heavy (non-hydrogen) atoms. The Kier molecular flexibility index (Phi) is 2.91. The number of hydrogen-bond acceptors (Lipinski definition) is 3. The van der Waals surface area contributed by atoms with Crippen molar-refractivity contribution in [2.45, 2.75) is 5.33 Å². The Hall–Kier alpha value is -2.01. The van der Waals surface area contributed by atoms with Crippen LogP contribution in [-0.4, -0.2) is 16.8 Å². The van der Waals surface area contributed by atoms with E-state index in [4.69, 9.17) is 0 Å². The Balaban J connectivity index is 2.14. The number of fused-ring (bicyclic) bond motifs is 1. The molecule has 2 aromatic rings. The average Bonchev–Trinajstić information content (AvgIpc) is 2.71. The maximum absolute atomic E-state index is 12.3. The normalized spacial score (nSPS) is 13.8. The van der Waals surface area contributed by atoms with E-state index in [1.807, 2.05) is 0 Å². The van der Waals surface area contributed by atoms with E-state index in [0.29, 0.717) is 22.1 Å². The number of imide groups is 1. The maximum Gasteiger partial charge on any atom is 0.266 e. The third kappa shape index (κ3) is 1.77. The fourth-order valence-corrected chi connectivity index (χ4v) is 2.58. The summed E-state index contributed by atoms with van der Waals surface area (Å²) in [7, 11) is 0. The number of pyridine rings is 1. The fraction of sp³-hybridized carbons (Fsp3) is 0.0714. The van der Waals surface area contributed by atoms with Crippen LogP contribution in [0.1, 0.15) is 26.3 Å². The summed E-state index contributed by atoms with van der Waals surface area (Å²) in [5.41, 5.74) is 2.28. The number of anilines is 1. The van der Waals surface area contributed by atoms with Gasteiger partial charge in [0.05, 0.1) is 16.8 Å². The molecule has 3 rings (SSSR count). The molecule has 5 heteroatoms. The summed E-state index contributed by atoms with van der Waals surface area (Å²) in [4.78, 5) is 29.9. The van der Waals surface area contributed by atoms with Crippen molar-refractivity contribution >= 4 is 33.4 Å². The number of halogens is 1. The maximum atomic E-state index is 12.3. The molecular formula is C14H9BrN2O2. The molecule has 2 heterocycles. The van der Waals surface area contributed by atoms with Gasteiger partial charge >= 0.3 is 0 Å². The lowest BCUT2D eigenvalue weighted by Crippen LogP contribution is -2.30. The molecule has 0 spiro atoms. The number of hydrogen-bond donors (Lipinski definition) is 0. The molecule has 94 valence electrons. The van der Waals surface area contributed by atoms with Gasteiger partial charge in [0.2, 0.25) is 0 Å². The molecule has 1 aromatic carbocycles. The summed E-state index contributed by atoms with van der Waals surface area (Å²) in [6.07, 6.45) is 3.22. The molecule has 0 saturated carbocycles. The molecule has 0 radical (unpaired) electrons.